The highest BCUT2D eigenvalue weighted by molar-refractivity contribution is 5.95. The SMILES string of the molecule is CCOc1ccc(CN(C)CC(=O)N(C)CC(=O)Nc2c(C)cccc2C)cc1. The van der Waals surface area contributed by atoms with Crippen molar-refractivity contribution in [1.29, 1.82) is 0 Å². The summed E-state index contributed by atoms with van der Waals surface area (Å²) >= 11 is 0. The maximum atomic E-state index is 12.5. The van der Waals surface area contributed by atoms with E-state index in [1.54, 1.807) is 7.05 Å². The molecule has 2 rings (SSSR count). The Morgan fingerprint density at radius 1 is 0.966 bits per heavy atom. The maximum absolute atomic E-state index is 12.5. The van der Waals surface area contributed by atoms with Crippen molar-refractivity contribution in [2.75, 3.05) is 39.1 Å². The molecule has 0 saturated heterocycles. The van der Waals surface area contributed by atoms with Crippen molar-refractivity contribution in [3.05, 3.63) is 59.2 Å². The van der Waals surface area contributed by atoms with E-state index in [-0.39, 0.29) is 24.9 Å². The monoisotopic (exact) mass is 397 g/mol. The van der Waals surface area contributed by atoms with Crippen molar-refractivity contribution < 1.29 is 14.3 Å². The van der Waals surface area contributed by atoms with Gasteiger partial charge in [0.25, 0.3) is 0 Å². The van der Waals surface area contributed by atoms with Crippen molar-refractivity contribution in [3.63, 3.8) is 0 Å². The minimum absolute atomic E-state index is 0.0174. The molecule has 2 aromatic rings. The molecule has 0 spiro atoms. The molecule has 0 saturated carbocycles. The fourth-order valence-electron chi connectivity index (χ4n) is 3.07. The van der Waals surface area contributed by atoms with Gasteiger partial charge in [0, 0.05) is 19.3 Å². The summed E-state index contributed by atoms with van der Waals surface area (Å²) in [4.78, 5) is 28.2. The molecule has 6 nitrogen and oxygen atoms in total. The second-order valence-electron chi connectivity index (χ2n) is 7.31. The van der Waals surface area contributed by atoms with Crippen LogP contribution < -0.4 is 10.1 Å². The lowest BCUT2D eigenvalue weighted by Gasteiger charge is -2.22. The van der Waals surface area contributed by atoms with Crippen molar-refractivity contribution in [2.45, 2.75) is 27.3 Å². The minimum Gasteiger partial charge on any atom is -0.494 e. The first-order chi connectivity index (χ1) is 13.8. The lowest BCUT2D eigenvalue weighted by atomic mass is 10.1. The van der Waals surface area contributed by atoms with Gasteiger partial charge in [-0.25, -0.2) is 0 Å². The highest BCUT2D eigenvalue weighted by Gasteiger charge is 2.16. The quantitative estimate of drug-likeness (QED) is 0.706. The molecular formula is C23H31N3O3. The van der Waals surface area contributed by atoms with Gasteiger partial charge in [0.2, 0.25) is 11.8 Å². The summed E-state index contributed by atoms with van der Waals surface area (Å²) in [7, 11) is 3.54. The molecule has 0 radical (unpaired) electrons. The number of nitrogens with one attached hydrogen (secondary N) is 1. The average Bonchev–Trinajstić information content (AvgIpc) is 2.66. The molecule has 0 aliphatic carbocycles. The van der Waals surface area contributed by atoms with E-state index >= 15 is 0 Å². The fraction of sp³-hybridized carbons (Fsp3) is 0.391. The van der Waals surface area contributed by atoms with E-state index in [0.29, 0.717) is 13.2 Å². The standard InChI is InChI=1S/C23H31N3O3/c1-6-29-20-12-10-19(11-13-20)14-25(4)16-22(28)26(5)15-21(27)24-23-17(2)8-7-9-18(23)3/h7-13H,6,14-16H2,1-5H3,(H,24,27). The first-order valence-electron chi connectivity index (χ1n) is 9.80. The predicted molar refractivity (Wildman–Crippen MR) is 116 cm³/mol. The normalized spacial score (nSPS) is 10.7. The van der Waals surface area contributed by atoms with Gasteiger partial charge in [-0.1, -0.05) is 30.3 Å². The van der Waals surface area contributed by atoms with E-state index in [0.717, 1.165) is 28.1 Å². The molecule has 0 unspecified atom stereocenters. The maximum Gasteiger partial charge on any atom is 0.243 e. The van der Waals surface area contributed by atoms with Gasteiger partial charge < -0.3 is 15.0 Å². The molecule has 6 heteroatoms. The van der Waals surface area contributed by atoms with Crippen LogP contribution in [0, 0.1) is 13.8 Å². The predicted octanol–water partition coefficient (Wildman–Crippen LogP) is 3.23. The molecular weight excluding hydrogens is 366 g/mol. The summed E-state index contributed by atoms with van der Waals surface area (Å²) in [6.07, 6.45) is 0. The summed E-state index contributed by atoms with van der Waals surface area (Å²) in [6.45, 7) is 7.38. The zero-order chi connectivity index (χ0) is 21.4. The number of likely N-dealkylation sites (N-methyl/N-ethyl adjacent to an activating group) is 2. The molecule has 0 heterocycles. The Bertz CT molecular complexity index is 814. The van der Waals surface area contributed by atoms with Gasteiger partial charge in [-0.05, 0) is 56.6 Å². The molecule has 0 atom stereocenters. The molecule has 0 aliphatic heterocycles. The summed E-state index contributed by atoms with van der Waals surface area (Å²) in [5.74, 6) is 0.534. The number of rotatable bonds is 9. The second-order valence-corrected chi connectivity index (χ2v) is 7.31. The fourth-order valence-corrected chi connectivity index (χ4v) is 3.07. The average molecular weight is 398 g/mol. The number of anilines is 1. The first-order valence-corrected chi connectivity index (χ1v) is 9.80. The largest absolute Gasteiger partial charge is 0.494 e. The van der Waals surface area contributed by atoms with E-state index < -0.39 is 0 Å². The summed E-state index contributed by atoms with van der Waals surface area (Å²) in [6, 6.07) is 13.7. The van der Waals surface area contributed by atoms with Crippen molar-refractivity contribution in [2.24, 2.45) is 0 Å². The molecule has 2 aromatic carbocycles. The third-order valence-corrected chi connectivity index (χ3v) is 4.64. The van der Waals surface area contributed by atoms with Crippen LogP contribution >= 0.6 is 0 Å². The minimum atomic E-state index is -0.201. The van der Waals surface area contributed by atoms with Gasteiger partial charge in [0.15, 0.2) is 0 Å². The number of amides is 2. The lowest BCUT2D eigenvalue weighted by molar-refractivity contribution is -0.134. The third-order valence-electron chi connectivity index (χ3n) is 4.64. The van der Waals surface area contributed by atoms with Crippen LogP contribution in [0.25, 0.3) is 0 Å². The van der Waals surface area contributed by atoms with Crippen molar-refractivity contribution >= 4 is 17.5 Å². The molecule has 0 bridgehead atoms. The highest BCUT2D eigenvalue weighted by Crippen LogP contribution is 2.19. The molecule has 0 aromatic heterocycles. The van der Waals surface area contributed by atoms with Crippen LogP contribution in [0.3, 0.4) is 0 Å². The number of carbonyl (C=O) groups is 2. The van der Waals surface area contributed by atoms with E-state index in [1.165, 1.54) is 4.90 Å². The number of aryl methyl sites for hydroxylation is 2. The number of para-hydroxylation sites is 1. The Hall–Kier alpha value is -2.86. The Kier molecular flexibility index (Phi) is 8.21. The Balaban J connectivity index is 1.83. The number of hydrogen-bond acceptors (Lipinski definition) is 4. The number of hydrogen-bond donors (Lipinski definition) is 1. The van der Waals surface area contributed by atoms with E-state index in [9.17, 15) is 9.59 Å². The van der Waals surface area contributed by atoms with Gasteiger partial charge in [0.05, 0.1) is 19.7 Å². The van der Waals surface area contributed by atoms with Crippen LogP contribution in [-0.4, -0.2) is 55.4 Å². The topological polar surface area (TPSA) is 61.9 Å². The van der Waals surface area contributed by atoms with Crippen LogP contribution in [0.2, 0.25) is 0 Å². The van der Waals surface area contributed by atoms with Crippen molar-refractivity contribution in [3.8, 4) is 5.75 Å². The smallest absolute Gasteiger partial charge is 0.243 e. The van der Waals surface area contributed by atoms with E-state index in [1.807, 2.05) is 75.2 Å². The van der Waals surface area contributed by atoms with Gasteiger partial charge in [-0.3, -0.25) is 14.5 Å². The van der Waals surface area contributed by atoms with Crippen LogP contribution in [0.1, 0.15) is 23.6 Å². The van der Waals surface area contributed by atoms with Gasteiger partial charge in [0.1, 0.15) is 5.75 Å². The molecule has 0 aliphatic rings. The number of nitrogens with zero attached hydrogens (tertiary/aromatic N) is 2. The van der Waals surface area contributed by atoms with E-state index in [4.69, 9.17) is 4.74 Å². The molecule has 2 amide bonds. The van der Waals surface area contributed by atoms with Crippen LogP contribution in [-0.2, 0) is 16.1 Å². The lowest BCUT2D eigenvalue weighted by Crippen LogP contribution is -2.40. The number of carbonyl (C=O) groups excluding carboxylic acids is 2. The van der Waals surface area contributed by atoms with Gasteiger partial charge in [-0.2, -0.15) is 0 Å². The van der Waals surface area contributed by atoms with E-state index in [2.05, 4.69) is 5.32 Å². The zero-order valence-electron chi connectivity index (χ0n) is 18.0. The molecule has 0 fully saturated rings. The van der Waals surface area contributed by atoms with Gasteiger partial charge in [-0.15, -0.1) is 0 Å². The zero-order valence-corrected chi connectivity index (χ0v) is 18.0. The second kappa shape index (κ2) is 10.6. The molecule has 156 valence electrons. The Morgan fingerprint density at radius 2 is 1.59 bits per heavy atom. The highest BCUT2D eigenvalue weighted by atomic mass is 16.5. The van der Waals surface area contributed by atoms with Gasteiger partial charge >= 0.3 is 0 Å². The van der Waals surface area contributed by atoms with Crippen LogP contribution in [0.4, 0.5) is 5.69 Å². The van der Waals surface area contributed by atoms with Crippen LogP contribution in [0.15, 0.2) is 42.5 Å². The molecule has 1 N–H and O–H groups in total. The Morgan fingerprint density at radius 3 is 2.17 bits per heavy atom. The number of benzene rings is 2. The molecule has 29 heavy (non-hydrogen) atoms. The first kappa shape index (κ1) is 22.4. The summed E-state index contributed by atoms with van der Waals surface area (Å²) < 4.78 is 5.44. The third kappa shape index (κ3) is 6.91. The number of ether oxygens (including phenoxy) is 1. The summed E-state index contributed by atoms with van der Waals surface area (Å²) in [5, 5.41) is 2.91. The Labute approximate surface area is 173 Å². The summed E-state index contributed by atoms with van der Waals surface area (Å²) in [5.41, 5.74) is 3.91. The van der Waals surface area contributed by atoms with Crippen molar-refractivity contribution in [1.82, 2.24) is 9.80 Å². The van der Waals surface area contributed by atoms with Crippen LogP contribution in [0.5, 0.6) is 5.75 Å².